The van der Waals surface area contributed by atoms with Crippen LogP contribution in [-0.2, 0) is 0 Å². The van der Waals surface area contributed by atoms with Crippen LogP contribution < -0.4 is 5.32 Å². The lowest BCUT2D eigenvalue weighted by atomic mass is 10.0. The van der Waals surface area contributed by atoms with Crippen molar-refractivity contribution in [2.45, 2.75) is 0 Å². The predicted octanol–water partition coefficient (Wildman–Crippen LogP) is 3.71. The van der Waals surface area contributed by atoms with Gasteiger partial charge in [-0.3, -0.25) is 14.9 Å². The van der Waals surface area contributed by atoms with Gasteiger partial charge >= 0.3 is 0 Å². The van der Waals surface area contributed by atoms with Crippen LogP contribution in [-0.4, -0.2) is 15.9 Å². The molecule has 6 heteroatoms. The summed E-state index contributed by atoms with van der Waals surface area (Å²) >= 11 is 0. The fraction of sp³-hybridized carbons (Fsp3) is 0. The number of nitro benzene ring substituents is 1. The molecular weight excluding hydrogens is 296 g/mol. The second kappa shape index (κ2) is 5.76. The Morgan fingerprint density at radius 2 is 1.83 bits per heavy atom. The van der Waals surface area contributed by atoms with Crippen LogP contribution in [0.1, 0.15) is 10.4 Å². The van der Waals surface area contributed by atoms with Crippen molar-refractivity contribution in [2.75, 3.05) is 5.32 Å². The average Bonchev–Trinajstić information content (AvgIpc) is 2.54. The van der Waals surface area contributed by atoms with Crippen LogP contribution in [0.2, 0.25) is 0 Å². The maximum absolute atomic E-state index is 12.5. The third-order valence-corrected chi connectivity index (χ3v) is 3.45. The van der Waals surface area contributed by atoms with Gasteiger partial charge in [-0.25, -0.2) is 0 Å². The molecule has 0 saturated carbocycles. The van der Waals surface area contributed by atoms with Crippen molar-refractivity contribution in [1.29, 1.82) is 0 Å². The summed E-state index contributed by atoms with van der Waals surface area (Å²) in [5.41, 5.74) is 0.302. The second-order valence-corrected chi connectivity index (χ2v) is 4.94. The standard InChI is InChI=1S/C17H12N2O4/c20-15-9-8-11-4-1-2-7-14(11)16(15)17(21)18-12-5-3-6-13(10-12)19(22)23/h1-10,20H,(H,18,21). The van der Waals surface area contributed by atoms with Gasteiger partial charge in [-0.05, 0) is 22.9 Å². The van der Waals surface area contributed by atoms with E-state index in [4.69, 9.17) is 0 Å². The second-order valence-electron chi connectivity index (χ2n) is 4.94. The van der Waals surface area contributed by atoms with Crippen LogP contribution in [0, 0.1) is 10.1 Å². The molecule has 0 heterocycles. The molecule has 114 valence electrons. The number of anilines is 1. The molecule has 0 radical (unpaired) electrons. The molecule has 0 saturated heterocycles. The minimum Gasteiger partial charge on any atom is -0.507 e. The number of amides is 1. The van der Waals surface area contributed by atoms with Crippen LogP contribution in [0.15, 0.2) is 60.7 Å². The van der Waals surface area contributed by atoms with E-state index in [1.165, 1.54) is 24.3 Å². The fourth-order valence-corrected chi connectivity index (χ4v) is 2.39. The number of carbonyl (C=O) groups is 1. The molecular formula is C17H12N2O4. The molecule has 0 aliphatic carbocycles. The number of hydrogen-bond acceptors (Lipinski definition) is 4. The van der Waals surface area contributed by atoms with E-state index in [-0.39, 0.29) is 22.7 Å². The largest absolute Gasteiger partial charge is 0.507 e. The first kappa shape index (κ1) is 14.5. The Balaban J connectivity index is 2.00. The lowest BCUT2D eigenvalue weighted by Gasteiger charge is -2.10. The number of nitrogens with one attached hydrogen (secondary N) is 1. The summed E-state index contributed by atoms with van der Waals surface area (Å²) < 4.78 is 0. The lowest BCUT2D eigenvalue weighted by Crippen LogP contribution is -2.12. The first-order chi connectivity index (χ1) is 11.1. The first-order valence-corrected chi connectivity index (χ1v) is 6.83. The van der Waals surface area contributed by atoms with Crippen LogP contribution in [0.5, 0.6) is 5.75 Å². The topological polar surface area (TPSA) is 92.5 Å². The molecule has 0 unspecified atom stereocenters. The molecule has 0 aromatic heterocycles. The van der Waals surface area contributed by atoms with Crippen LogP contribution in [0.4, 0.5) is 11.4 Å². The van der Waals surface area contributed by atoms with Gasteiger partial charge < -0.3 is 10.4 Å². The molecule has 0 fully saturated rings. The highest BCUT2D eigenvalue weighted by Gasteiger charge is 2.16. The average molecular weight is 308 g/mol. The van der Waals surface area contributed by atoms with Crippen LogP contribution >= 0.6 is 0 Å². The molecule has 2 N–H and O–H groups in total. The number of benzene rings is 3. The normalized spacial score (nSPS) is 10.4. The van der Waals surface area contributed by atoms with E-state index < -0.39 is 10.8 Å². The summed E-state index contributed by atoms with van der Waals surface area (Å²) in [7, 11) is 0. The summed E-state index contributed by atoms with van der Waals surface area (Å²) in [6.45, 7) is 0. The molecule has 3 aromatic carbocycles. The van der Waals surface area contributed by atoms with E-state index in [0.717, 1.165) is 5.39 Å². The van der Waals surface area contributed by atoms with Gasteiger partial charge in [0.05, 0.1) is 10.5 Å². The van der Waals surface area contributed by atoms with Crippen molar-refractivity contribution in [1.82, 2.24) is 0 Å². The maximum Gasteiger partial charge on any atom is 0.271 e. The minimum atomic E-state index is -0.537. The maximum atomic E-state index is 12.5. The molecule has 0 atom stereocenters. The highest BCUT2D eigenvalue weighted by Crippen LogP contribution is 2.28. The number of aromatic hydroxyl groups is 1. The minimum absolute atomic E-state index is 0.120. The van der Waals surface area contributed by atoms with Gasteiger partial charge in [0.15, 0.2) is 0 Å². The van der Waals surface area contributed by atoms with Crippen molar-refractivity contribution in [3.05, 3.63) is 76.3 Å². The van der Waals surface area contributed by atoms with Gasteiger partial charge in [0, 0.05) is 17.8 Å². The van der Waals surface area contributed by atoms with E-state index >= 15 is 0 Å². The van der Waals surface area contributed by atoms with Gasteiger partial charge in [-0.2, -0.15) is 0 Å². The quantitative estimate of drug-likeness (QED) is 0.570. The highest BCUT2D eigenvalue weighted by atomic mass is 16.6. The monoisotopic (exact) mass is 308 g/mol. The Morgan fingerprint density at radius 3 is 2.61 bits per heavy atom. The number of carbonyl (C=O) groups excluding carboxylic acids is 1. The molecule has 0 aliphatic rings. The zero-order valence-electron chi connectivity index (χ0n) is 11.9. The van der Waals surface area contributed by atoms with Gasteiger partial charge in [0.1, 0.15) is 5.75 Å². The fourth-order valence-electron chi connectivity index (χ4n) is 2.39. The van der Waals surface area contributed by atoms with E-state index in [9.17, 15) is 20.0 Å². The van der Waals surface area contributed by atoms with Crippen molar-refractivity contribution < 1.29 is 14.8 Å². The molecule has 1 amide bonds. The van der Waals surface area contributed by atoms with Gasteiger partial charge in [-0.1, -0.05) is 36.4 Å². The van der Waals surface area contributed by atoms with Crippen molar-refractivity contribution in [3.8, 4) is 5.75 Å². The molecule has 3 aromatic rings. The van der Waals surface area contributed by atoms with E-state index in [0.29, 0.717) is 5.39 Å². The summed E-state index contributed by atoms with van der Waals surface area (Å²) in [4.78, 5) is 22.7. The van der Waals surface area contributed by atoms with E-state index in [2.05, 4.69) is 5.32 Å². The summed E-state index contributed by atoms with van der Waals surface area (Å²) in [6, 6.07) is 16.0. The van der Waals surface area contributed by atoms with E-state index in [1.807, 2.05) is 12.1 Å². The van der Waals surface area contributed by atoms with Gasteiger partial charge in [0.25, 0.3) is 11.6 Å². The lowest BCUT2D eigenvalue weighted by molar-refractivity contribution is -0.384. The molecule has 3 rings (SSSR count). The molecule has 0 bridgehead atoms. The van der Waals surface area contributed by atoms with Crippen molar-refractivity contribution in [3.63, 3.8) is 0 Å². The number of phenols is 1. The zero-order valence-corrected chi connectivity index (χ0v) is 11.9. The molecule has 0 aliphatic heterocycles. The Kier molecular flexibility index (Phi) is 3.64. The Labute approximate surface area is 131 Å². The predicted molar refractivity (Wildman–Crippen MR) is 86.7 cm³/mol. The summed E-state index contributed by atoms with van der Waals surface area (Å²) in [5.74, 6) is -0.675. The summed E-state index contributed by atoms with van der Waals surface area (Å²) in [6.07, 6.45) is 0. The molecule has 0 spiro atoms. The summed E-state index contributed by atoms with van der Waals surface area (Å²) in [5, 5.41) is 24.8. The number of fused-ring (bicyclic) bond motifs is 1. The Hall–Kier alpha value is -3.41. The third-order valence-electron chi connectivity index (χ3n) is 3.45. The number of rotatable bonds is 3. The van der Waals surface area contributed by atoms with Gasteiger partial charge in [0.2, 0.25) is 0 Å². The SMILES string of the molecule is O=C(Nc1cccc([N+](=O)[O-])c1)c1c(O)ccc2ccccc12. The molecule has 23 heavy (non-hydrogen) atoms. The highest BCUT2D eigenvalue weighted by molar-refractivity contribution is 6.14. The third kappa shape index (κ3) is 2.82. The Bertz CT molecular complexity index is 921. The molecule has 6 nitrogen and oxygen atoms in total. The first-order valence-electron chi connectivity index (χ1n) is 6.83. The number of hydrogen-bond donors (Lipinski definition) is 2. The number of nitrogens with zero attached hydrogens (tertiary/aromatic N) is 1. The number of non-ortho nitro benzene ring substituents is 1. The Morgan fingerprint density at radius 1 is 1.04 bits per heavy atom. The van der Waals surface area contributed by atoms with Crippen LogP contribution in [0.3, 0.4) is 0 Å². The smallest absolute Gasteiger partial charge is 0.271 e. The number of phenolic OH excluding ortho intramolecular Hbond substituents is 1. The van der Waals surface area contributed by atoms with E-state index in [1.54, 1.807) is 24.3 Å². The zero-order chi connectivity index (χ0) is 16.4. The van der Waals surface area contributed by atoms with Crippen LogP contribution in [0.25, 0.3) is 10.8 Å². The number of nitro groups is 1. The van der Waals surface area contributed by atoms with Gasteiger partial charge in [-0.15, -0.1) is 0 Å². The van der Waals surface area contributed by atoms with Crippen molar-refractivity contribution >= 4 is 28.1 Å². The van der Waals surface area contributed by atoms with Crippen molar-refractivity contribution in [2.24, 2.45) is 0 Å².